The molecule has 0 radical (unpaired) electrons. The molecule has 0 aromatic rings. The molecule has 0 aromatic carbocycles. The van der Waals surface area contributed by atoms with E-state index in [9.17, 15) is 4.79 Å². The van der Waals surface area contributed by atoms with Gasteiger partial charge in [0.25, 0.3) is 0 Å². The average Bonchev–Trinajstić information content (AvgIpc) is 3.16. The second-order valence-electron chi connectivity index (χ2n) is 7.01. The minimum absolute atomic E-state index is 0.230. The van der Waals surface area contributed by atoms with Gasteiger partial charge in [0, 0.05) is 33.2 Å². The molecule has 0 saturated heterocycles. The maximum absolute atomic E-state index is 11.9. The zero-order valence-corrected chi connectivity index (χ0v) is 14.2. The summed E-state index contributed by atoms with van der Waals surface area (Å²) >= 11 is 0. The third kappa shape index (κ3) is 6.69. The van der Waals surface area contributed by atoms with Crippen molar-refractivity contribution in [2.45, 2.75) is 52.2 Å². The summed E-state index contributed by atoms with van der Waals surface area (Å²) in [5, 5.41) is 0. The summed E-state index contributed by atoms with van der Waals surface area (Å²) in [4.78, 5) is 19.9. The van der Waals surface area contributed by atoms with Gasteiger partial charge in [0.1, 0.15) is 5.60 Å². The summed E-state index contributed by atoms with van der Waals surface area (Å²) in [7, 11) is 3.72. The molecular weight excluding hydrogens is 268 g/mol. The van der Waals surface area contributed by atoms with Gasteiger partial charge in [-0.25, -0.2) is 4.79 Å². The smallest absolute Gasteiger partial charge is 0.410 e. The van der Waals surface area contributed by atoms with Crippen molar-refractivity contribution in [1.29, 1.82) is 0 Å². The third-order valence-corrected chi connectivity index (χ3v) is 3.31. The lowest BCUT2D eigenvalue weighted by Crippen LogP contribution is -2.38. The zero-order valence-electron chi connectivity index (χ0n) is 14.2. The highest BCUT2D eigenvalue weighted by Gasteiger charge is 2.27. The largest absolute Gasteiger partial charge is 0.444 e. The van der Waals surface area contributed by atoms with Gasteiger partial charge in [-0.3, -0.25) is 4.99 Å². The molecule has 1 unspecified atom stereocenters. The highest BCUT2D eigenvalue weighted by molar-refractivity contribution is 5.78. The molecule has 1 saturated carbocycles. The highest BCUT2D eigenvalue weighted by atomic mass is 16.6. The van der Waals surface area contributed by atoms with Crippen LogP contribution in [-0.4, -0.2) is 60.7 Å². The van der Waals surface area contributed by atoms with E-state index in [-0.39, 0.29) is 12.0 Å². The van der Waals surface area contributed by atoms with Crippen molar-refractivity contribution in [3.8, 4) is 0 Å². The summed E-state index contributed by atoms with van der Waals surface area (Å²) < 4.78 is 5.32. The first-order valence-electron chi connectivity index (χ1n) is 7.57. The van der Waals surface area contributed by atoms with Crippen LogP contribution < -0.4 is 5.73 Å². The van der Waals surface area contributed by atoms with Gasteiger partial charge in [-0.05, 0) is 39.5 Å². The summed E-state index contributed by atoms with van der Waals surface area (Å²) in [5.41, 5.74) is 5.48. The number of carbonyl (C=O) groups is 1. The molecule has 0 aliphatic heterocycles. The van der Waals surface area contributed by atoms with Crippen LogP contribution in [0.15, 0.2) is 4.99 Å². The Bertz CT molecular complexity index is 386. The van der Waals surface area contributed by atoms with Crippen LogP contribution in [0.1, 0.15) is 40.5 Å². The van der Waals surface area contributed by atoms with Gasteiger partial charge in [0.15, 0.2) is 5.96 Å². The van der Waals surface area contributed by atoms with Crippen LogP contribution in [-0.2, 0) is 4.74 Å². The molecule has 0 spiro atoms. The van der Waals surface area contributed by atoms with E-state index >= 15 is 0 Å². The highest BCUT2D eigenvalue weighted by Crippen LogP contribution is 2.24. The Labute approximate surface area is 128 Å². The molecule has 0 aromatic heterocycles. The number of rotatable bonds is 5. The van der Waals surface area contributed by atoms with Crippen molar-refractivity contribution in [2.24, 2.45) is 16.6 Å². The second-order valence-corrected chi connectivity index (χ2v) is 7.01. The monoisotopic (exact) mass is 298 g/mol. The SMILES string of the molecule is CC(CN=C(N)N(C)C1CC1)CN(C)C(=O)OC(C)(C)C. The number of hydrogen-bond donors (Lipinski definition) is 1. The molecule has 21 heavy (non-hydrogen) atoms. The maximum Gasteiger partial charge on any atom is 0.410 e. The number of nitrogens with two attached hydrogens (primary N) is 1. The molecule has 1 fully saturated rings. The first kappa shape index (κ1) is 17.6. The van der Waals surface area contributed by atoms with Crippen molar-refractivity contribution >= 4 is 12.1 Å². The molecule has 1 rings (SSSR count). The van der Waals surface area contributed by atoms with Crippen molar-refractivity contribution in [1.82, 2.24) is 9.80 Å². The fraction of sp³-hybridized carbons (Fsp3) is 0.867. The van der Waals surface area contributed by atoms with Crippen molar-refractivity contribution in [2.75, 3.05) is 27.2 Å². The molecule has 6 heteroatoms. The zero-order chi connectivity index (χ0) is 16.2. The summed E-state index contributed by atoms with van der Waals surface area (Å²) in [5.74, 6) is 0.818. The van der Waals surface area contributed by atoms with Crippen LogP contribution in [0.3, 0.4) is 0 Å². The molecule has 1 aliphatic carbocycles. The number of ether oxygens (including phenoxy) is 1. The Hall–Kier alpha value is -1.46. The van der Waals surface area contributed by atoms with Crippen LogP contribution in [0, 0.1) is 5.92 Å². The van der Waals surface area contributed by atoms with E-state index in [0.29, 0.717) is 25.1 Å². The molecule has 1 amide bonds. The number of guanidine groups is 1. The molecule has 6 nitrogen and oxygen atoms in total. The van der Waals surface area contributed by atoms with E-state index in [1.807, 2.05) is 32.7 Å². The summed E-state index contributed by atoms with van der Waals surface area (Å²) in [6, 6.07) is 0.563. The fourth-order valence-electron chi connectivity index (χ4n) is 1.95. The molecule has 1 aliphatic rings. The molecule has 122 valence electrons. The normalized spacial score (nSPS) is 17.3. The second kappa shape index (κ2) is 7.00. The number of hydrogen-bond acceptors (Lipinski definition) is 3. The van der Waals surface area contributed by atoms with Crippen LogP contribution in [0.25, 0.3) is 0 Å². The Kier molecular flexibility index (Phi) is 5.87. The van der Waals surface area contributed by atoms with Gasteiger partial charge in [-0.2, -0.15) is 0 Å². The van der Waals surface area contributed by atoms with E-state index in [0.717, 1.165) is 0 Å². The van der Waals surface area contributed by atoms with Gasteiger partial charge in [-0.1, -0.05) is 6.92 Å². The predicted molar refractivity (Wildman–Crippen MR) is 85.3 cm³/mol. The standard InChI is InChI=1S/C15H30N4O2/c1-11(9-17-13(16)19(6)12-7-8-12)10-18(5)14(20)21-15(2,3)4/h11-12H,7-10H2,1-6H3,(H2,16,17). The minimum atomic E-state index is -0.468. The minimum Gasteiger partial charge on any atom is -0.444 e. The summed E-state index contributed by atoms with van der Waals surface area (Å²) in [6.45, 7) is 8.84. The lowest BCUT2D eigenvalue weighted by molar-refractivity contribution is 0.0279. The first-order valence-corrected chi connectivity index (χ1v) is 7.57. The quantitative estimate of drug-likeness (QED) is 0.621. The topological polar surface area (TPSA) is 71.2 Å². The van der Waals surface area contributed by atoms with E-state index in [1.54, 1.807) is 11.9 Å². The average molecular weight is 298 g/mol. The van der Waals surface area contributed by atoms with Crippen LogP contribution in [0.4, 0.5) is 4.79 Å². The molecule has 1 atom stereocenters. The predicted octanol–water partition coefficient (Wildman–Crippen LogP) is 1.90. The van der Waals surface area contributed by atoms with Crippen molar-refractivity contribution in [3.63, 3.8) is 0 Å². The van der Waals surface area contributed by atoms with Gasteiger partial charge in [0.05, 0.1) is 0 Å². The van der Waals surface area contributed by atoms with Crippen molar-refractivity contribution in [3.05, 3.63) is 0 Å². The first-order chi connectivity index (χ1) is 9.60. The van der Waals surface area contributed by atoms with E-state index < -0.39 is 5.60 Å². The fourth-order valence-corrected chi connectivity index (χ4v) is 1.95. The van der Waals surface area contributed by atoms with Gasteiger partial charge < -0.3 is 20.3 Å². The Morgan fingerprint density at radius 2 is 1.95 bits per heavy atom. The third-order valence-electron chi connectivity index (χ3n) is 3.31. The Morgan fingerprint density at radius 3 is 2.43 bits per heavy atom. The number of aliphatic imine (C=N–C) groups is 1. The van der Waals surface area contributed by atoms with Gasteiger partial charge >= 0.3 is 6.09 Å². The Balaban J connectivity index is 2.36. The number of carbonyl (C=O) groups excluding carboxylic acids is 1. The molecule has 0 bridgehead atoms. The number of amides is 1. The number of nitrogens with zero attached hydrogens (tertiary/aromatic N) is 3. The van der Waals surface area contributed by atoms with Crippen LogP contribution >= 0.6 is 0 Å². The lowest BCUT2D eigenvalue weighted by atomic mass is 10.2. The van der Waals surface area contributed by atoms with Gasteiger partial charge in [0.2, 0.25) is 0 Å². The molecule has 0 heterocycles. The summed E-state index contributed by atoms with van der Waals surface area (Å²) in [6.07, 6.45) is 2.09. The molecule has 2 N–H and O–H groups in total. The maximum atomic E-state index is 11.9. The van der Waals surface area contributed by atoms with E-state index in [4.69, 9.17) is 10.5 Å². The van der Waals surface area contributed by atoms with Gasteiger partial charge in [-0.15, -0.1) is 0 Å². The molecular formula is C15H30N4O2. The van der Waals surface area contributed by atoms with Crippen LogP contribution in [0.2, 0.25) is 0 Å². The lowest BCUT2D eigenvalue weighted by Gasteiger charge is -2.26. The van der Waals surface area contributed by atoms with E-state index in [2.05, 4.69) is 11.9 Å². The Morgan fingerprint density at radius 1 is 1.38 bits per heavy atom. The van der Waals surface area contributed by atoms with Crippen LogP contribution in [0.5, 0.6) is 0 Å². The van der Waals surface area contributed by atoms with E-state index in [1.165, 1.54) is 12.8 Å². The van der Waals surface area contributed by atoms with Crippen molar-refractivity contribution < 1.29 is 9.53 Å².